The largest absolute Gasteiger partial charge is 0.365 e. The van der Waals surface area contributed by atoms with E-state index >= 15 is 0 Å². The molecule has 84 valence electrons. The summed E-state index contributed by atoms with van der Waals surface area (Å²) < 4.78 is 0.929. The van der Waals surface area contributed by atoms with Gasteiger partial charge in [0.15, 0.2) is 0 Å². The molecule has 2 rings (SSSR count). The van der Waals surface area contributed by atoms with E-state index in [-0.39, 0.29) is 6.54 Å². The Morgan fingerprint density at radius 1 is 1.31 bits per heavy atom. The Balaban J connectivity index is 2.13. The van der Waals surface area contributed by atoms with Gasteiger partial charge in [0.05, 0.1) is 6.54 Å². The van der Waals surface area contributed by atoms with Crippen molar-refractivity contribution in [2.45, 2.75) is 12.8 Å². The lowest BCUT2D eigenvalue weighted by molar-refractivity contribution is -0.130. The zero-order valence-electron chi connectivity index (χ0n) is 8.18. The van der Waals surface area contributed by atoms with Gasteiger partial charge in [0, 0.05) is 4.47 Å². The number of rotatable bonds is 2. The highest BCUT2D eigenvalue weighted by atomic mass is 79.9. The van der Waals surface area contributed by atoms with E-state index in [1.54, 1.807) is 0 Å². The molecule has 0 aliphatic carbocycles. The number of urea groups is 1. The zero-order chi connectivity index (χ0) is 11.7. The SMILES string of the molecule is O=C1NC(=O)N(Cc2ccc(Br)cc2)C1O. The summed E-state index contributed by atoms with van der Waals surface area (Å²) >= 11 is 3.30. The first-order valence-electron chi connectivity index (χ1n) is 4.62. The molecule has 0 saturated carbocycles. The Kier molecular flexibility index (Phi) is 2.93. The van der Waals surface area contributed by atoms with Gasteiger partial charge in [0.1, 0.15) is 0 Å². The van der Waals surface area contributed by atoms with Crippen LogP contribution in [-0.4, -0.2) is 28.2 Å². The fourth-order valence-electron chi connectivity index (χ4n) is 1.44. The molecular weight excluding hydrogens is 276 g/mol. The number of hydrogen-bond acceptors (Lipinski definition) is 3. The van der Waals surface area contributed by atoms with Crippen molar-refractivity contribution in [1.82, 2.24) is 10.2 Å². The Morgan fingerprint density at radius 2 is 1.94 bits per heavy atom. The van der Waals surface area contributed by atoms with Gasteiger partial charge in [-0.3, -0.25) is 15.0 Å². The number of aliphatic hydroxyl groups is 1. The van der Waals surface area contributed by atoms with Gasteiger partial charge < -0.3 is 5.11 Å². The number of hydrogen-bond donors (Lipinski definition) is 2. The minimum Gasteiger partial charge on any atom is -0.365 e. The molecule has 5 nitrogen and oxygen atoms in total. The smallest absolute Gasteiger partial charge is 0.326 e. The van der Waals surface area contributed by atoms with Gasteiger partial charge >= 0.3 is 6.03 Å². The molecule has 1 atom stereocenters. The van der Waals surface area contributed by atoms with Crippen LogP contribution in [0, 0.1) is 0 Å². The predicted molar refractivity (Wildman–Crippen MR) is 59.2 cm³/mol. The Bertz CT molecular complexity index is 432. The number of imide groups is 1. The van der Waals surface area contributed by atoms with E-state index in [0.717, 1.165) is 14.9 Å². The van der Waals surface area contributed by atoms with Gasteiger partial charge in [-0.15, -0.1) is 0 Å². The van der Waals surface area contributed by atoms with Crippen molar-refractivity contribution in [3.63, 3.8) is 0 Å². The number of benzene rings is 1. The summed E-state index contributed by atoms with van der Waals surface area (Å²) in [6.07, 6.45) is -1.39. The second-order valence-corrected chi connectivity index (χ2v) is 4.34. The average molecular weight is 285 g/mol. The molecule has 1 heterocycles. The van der Waals surface area contributed by atoms with Gasteiger partial charge in [0.25, 0.3) is 5.91 Å². The minimum atomic E-state index is -1.39. The van der Waals surface area contributed by atoms with Crippen LogP contribution in [0.1, 0.15) is 5.56 Å². The van der Waals surface area contributed by atoms with Crippen molar-refractivity contribution in [3.05, 3.63) is 34.3 Å². The summed E-state index contributed by atoms with van der Waals surface area (Å²) in [5.74, 6) is -0.679. The van der Waals surface area contributed by atoms with E-state index in [2.05, 4.69) is 15.9 Å². The highest BCUT2D eigenvalue weighted by molar-refractivity contribution is 9.10. The van der Waals surface area contributed by atoms with Crippen LogP contribution in [0.15, 0.2) is 28.7 Å². The van der Waals surface area contributed by atoms with Crippen molar-refractivity contribution >= 4 is 27.9 Å². The van der Waals surface area contributed by atoms with Crippen LogP contribution >= 0.6 is 15.9 Å². The Morgan fingerprint density at radius 3 is 2.44 bits per heavy atom. The number of carbonyl (C=O) groups excluding carboxylic acids is 2. The molecule has 0 spiro atoms. The molecular formula is C10H9BrN2O3. The third kappa shape index (κ3) is 2.07. The van der Waals surface area contributed by atoms with Crippen molar-refractivity contribution < 1.29 is 14.7 Å². The van der Waals surface area contributed by atoms with Gasteiger partial charge in [-0.1, -0.05) is 28.1 Å². The third-order valence-electron chi connectivity index (χ3n) is 2.29. The molecule has 3 amide bonds. The number of carbonyl (C=O) groups is 2. The summed E-state index contributed by atoms with van der Waals surface area (Å²) in [7, 11) is 0. The fraction of sp³-hybridized carbons (Fsp3) is 0.200. The molecule has 0 bridgehead atoms. The number of halogens is 1. The third-order valence-corrected chi connectivity index (χ3v) is 2.82. The summed E-state index contributed by atoms with van der Waals surface area (Å²) in [5.41, 5.74) is 0.840. The van der Waals surface area contributed by atoms with E-state index in [4.69, 9.17) is 0 Å². The molecule has 2 N–H and O–H groups in total. The normalized spacial score (nSPS) is 20.1. The maximum Gasteiger partial charge on any atom is 0.326 e. The van der Waals surface area contributed by atoms with E-state index in [0.29, 0.717) is 0 Å². The van der Waals surface area contributed by atoms with Gasteiger partial charge in [-0.05, 0) is 17.7 Å². The van der Waals surface area contributed by atoms with Gasteiger partial charge in [-0.2, -0.15) is 0 Å². The molecule has 1 aliphatic heterocycles. The first kappa shape index (κ1) is 11.1. The maximum absolute atomic E-state index is 11.3. The molecule has 0 aromatic heterocycles. The Labute approximate surface area is 100 Å². The monoisotopic (exact) mass is 284 g/mol. The highest BCUT2D eigenvalue weighted by Gasteiger charge is 2.36. The zero-order valence-corrected chi connectivity index (χ0v) is 9.77. The van der Waals surface area contributed by atoms with E-state index in [9.17, 15) is 14.7 Å². The van der Waals surface area contributed by atoms with Crippen LogP contribution in [0.4, 0.5) is 4.79 Å². The summed E-state index contributed by atoms with van der Waals surface area (Å²) in [5, 5.41) is 11.5. The first-order chi connectivity index (χ1) is 7.58. The van der Waals surface area contributed by atoms with Crippen molar-refractivity contribution in [2.75, 3.05) is 0 Å². The lowest BCUT2D eigenvalue weighted by atomic mass is 10.2. The van der Waals surface area contributed by atoms with Gasteiger partial charge in [-0.25, -0.2) is 4.79 Å². The van der Waals surface area contributed by atoms with E-state index < -0.39 is 18.2 Å². The van der Waals surface area contributed by atoms with Crippen LogP contribution in [0.5, 0.6) is 0 Å². The summed E-state index contributed by atoms with van der Waals surface area (Å²) in [4.78, 5) is 23.4. The van der Waals surface area contributed by atoms with Gasteiger partial charge in [0.2, 0.25) is 6.23 Å². The number of aliphatic hydroxyl groups excluding tert-OH is 1. The molecule has 0 radical (unpaired) electrons. The molecule has 1 aliphatic rings. The lowest BCUT2D eigenvalue weighted by Gasteiger charge is -2.17. The topological polar surface area (TPSA) is 69.6 Å². The minimum absolute atomic E-state index is 0.200. The van der Waals surface area contributed by atoms with Crippen LogP contribution in [-0.2, 0) is 11.3 Å². The van der Waals surface area contributed by atoms with E-state index in [1.165, 1.54) is 0 Å². The fourth-order valence-corrected chi connectivity index (χ4v) is 1.70. The second kappa shape index (κ2) is 4.23. The van der Waals surface area contributed by atoms with E-state index in [1.807, 2.05) is 29.6 Å². The van der Waals surface area contributed by atoms with Crippen LogP contribution in [0.2, 0.25) is 0 Å². The molecule has 1 saturated heterocycles. The number of nitrogens with zero attached hydrogens (tertiary/aromatic N) is 1. The lowest BCUT2D eigenvalue weighted by Crippen LogP contribution is -2.34. The number of amides is 3. The van der Waals surface area contributed by atoms with Crippen molar-refractivity contribution in [2.24, 2.45) is 0 Å². The summed E-state index contributed by atoms with van der Waals surface area (Å²) in [6, 6.07) is 6.72. The first-order valence-corrected chi connectivity index (χ1v) is 5.41. The summed E-state index contributed by atoms with van der Waals surface area (Å²) in [6.45, 7) is 0.200. The standard InChI is InChI=1S/C10H9BrN2O3/c11-7-3-1-6(2-4-7)5-13-9(15)8(14)12-10(13)16/h1-4,9,15H,5H2,(H,12,14,16). The number of nitrogens with one attached hydrogen (secondary N) is 1. The molecule has 1 fully saturated rings. The van der Waals surface area contributed by atoms with Crippen LogP contribution in [0.25, 0.3) is 0 Å². The average Bonchev–Trinajstić information content (AvgIpc) is 2.48. The van der Waals surface area contributed by atoms with Crippen molar-refractivity contribution in [1.29, 1.82) is 0 Å². The highest BCUT2D eigenvalue weighted by Crippen LogP contribution is 2.15. The Hall–Kier alpha value is -1.40. The quantitative estimate of drug-likeness (QED) is 0.790. The molecule has 16 heavy (non-hydrogen) atoms. The molecule has 1 aromatic carbocycles. The second-order valence-electron chi connectivity index (χ2n) is 3.42. The molecule has 1 unspecified atom stereocenters. The molecule has 6 heteroatoms. The van der Waals surface area contributed by atoms with Crippen LogP contribution < -0.4 is 5.32 Å². The predicted octanol–water partition coefficient (Wildman–Crippen LogP) is 0.819. The molecule has 1 aromatic rings. The van der Waals surface area contributed by atoms with Crippen LogP contribution in [0.3, 0.4) is 0 Å². The van der Waals surface area contributed by atoms with Crippen molar-refractivity contribution in [3.8, 4) is 0 Å². The maximum atomic E-state index is 11.3.